The summed E-state index contributed by atoms with van der Waals surface area (Å²) < 4.78 is 32.4. The highest BCUT2D eigenvalue weighted by Gasteiger charge is 2.25. The van der Waals surface area contributed by atoms with Gasteiger partial charge in [-0.3, -0.25) is 4.79 Å². The van der Waals surface area contributed by atoms with E-state index in [9.17, 15) is 13.2 Å². The molecular formula is C17H19BrN2O4S. The molecule has 2 aromatic rings. The zero-order valence-corrected chi connectivity index (χ0v) is 16.3. The van der Waals surface area contributed by atoms with E-state index in [2.05, 4.69) is 21.2 Å². The van der Waals surface area contributed by atoms with Gasteiger partial charge in [-0.2, -0.15) is 4.31 Å². The summed E-state index contributed by atoms with van der Waals surface area (Å²) >= 11 is 3.32. The van der Waals surface area contributed by atoms with Crippen LogP contribution in [0.4, 0.5) is 5.69 Å². The Balaban J connectivity index is 2.11. The van der Waals surface area contributed by atoms with Crippen LogP contribution in [0.3, 0.4) is 0 Å². The van der Waals surface area contributed by atoms with Crippen LogP contribution in [0.1, 0.15) is 6.92 Å². The minimum atomic E-state index is -3.76. The number of hydrogen-bond donors (Lipinski definition) is 1. The molecule has 2 rings (SSSR count). The lowest BCUT2D eigenvalue weighted by Gasteiger charge is -2.20. The van der Waals surface area contributed by atoms with Gasteiger partial charge in [0.2, 0.25) is 15.9 Å². The van der Waals surface area contributed by atoms with Gasteiger partial charge in [0.1, 0.15) is 5.75 Å². The number of ether oxygens (including phenoxy) is 1. The summed E-state index contributed by atoms with van der Waals surface area (Å²) in [5.41, 5.74) is 0.603. The van der Waals surface area contributed by atoms with E-state index in [0.717, 1.165) is 8.78 Å². The average Bonchev–Trinajstić information content (AvgIpc) is 2.61. The van der Waals surface area contributed by atoms with E-state index in [0.29, 0.717) is 11.4 Å². The number of nitrogens with one attached hydrogen (secondary N) is 1. The van der Waals surface area contributed by atoms with Crippen molar-refractivity contribution < 1.29 is 17.9 Å². The second-order valence-electron chi connectivity index (χ2n) is 5.16. The lowest BCUT2D eigenvalue weighted by molar-refractivity contribution is -0.116. The van der Waals surface area contributed by atoms with Crippen molar-refractivity contribution in [3.63, 3.8) is 0 Å². The van der Waals surface area contributed by atoms with Gasteiger partial charge in [0.15, 0.2) is 0 Å². The summed E-state index contributed by atoms with van der Waals surface area (Å²) in [6, 6.07) is 13.1. The maximum atomic E-state index is 12.7. The maximum absolute atomic E-state index is 12.7. The van der Waals surface area contributed by atoms with Crippen LogP contribution in [0.2, 0.25) is 0 Å². The van der Waals surface area contributed by atoms with Crippen molar-refractivity contribution in [3.8, 4) is 5.75 Å². The molecule has 0 saturated heterocycles. The lowest BCUT2D eigenvalue weighted by atomic mass is 10.3. The van der Waals surface area contributed by atoms with Gasteiger partial charge in [-0.1, -0.05) is 22.9 Å². The predicted octanol–water partition coefficient (Wildman–Crippen LogP) is 3.11. The fraction of sp³-hybridized carbons (Fsp3) is 0.235. The summed E-state index contributed by atoms with van der Waals surface area (Å²) in [6.07, 6.45) is 0. The second-order valence-corrected chi connectivity index (χ2v) is 8.02. The van der Waals surface area contributed by atoms with Crippen molar-refractivity contribution in [1.29, 1.82) is 0 Å². The van der Waals surface area contributed by atoms with E-state index in [-0.39, 0.29) is 18.0 Å². The van der Waals surface area contributed by atoms with Crippen LogP contribution in [0.5, 0.6) is 5.75 Å². The van der Waals surface area contributed by atoms with Crippen molar-refractivity contribution in [2.24, 2.45) is 0 Å². The molecule has 8 heteroatoms. The van der Waals surface area contributed by atoms with Crippen LogP contribution in [0.15, 0.2) is 57.9 Å². The Morgan fingerprint density at radius 2 is 1.72 bits per heavy atom. The number of benzene rings is 2. The van der Waals surface area contributed by atoms with E-state index in [1.807, 2.05) is 0 Å². The molecule has 0 saturated carbocycles. The highest BCUT2D eigenvalue weighted by Crippen LogP contribution is 2.20. The molecule has 25 heavy (non-hydrogen) atoms. The fourth-order valence-corrected chi connectivity index (χ4v) is 3.83. The Morgan fingerprint density at radius 3 is 2.24 bits per heavy atom. The van der Waals surface area contributed by atoms with Crippen LogP contribution < -0.4 is 10.1 Å². The third-order valence-electron chi connectivity index (χ3n) is 3.50. The number of hydrogen-bond acceptors (Lipinski definition) is 4. The number of halogens is 1. The van der Waals surface area contributed by atoms with Crippen LogP contribution in [0.25, 0.3) is 0 Å². The molecule has 134 valence electrons. The van der Waals surface area contributed by atoms with Gasteiger partial charge in [0.25, 0.3) is 0 Å². The summed E-state index contributed by atoms with van der Waals surface area (Å²) in [5.74, 6) is 0.163. The Labute approximate surface area is 156 Å². The Hall–Kier alpha value is -1.90. The largest absolute Gasteiger partial charge is 0.497 e. The Bertz CT molecular complexity index is 821. The van der Waals surface area contributed by atoms with Gasteiger partial charge in [-0.15, -0.1) is 0 Å². The van der Waals surface area contributed by atoms with Crippen molar-refractivity contribution in [1.82, 2.24) is 4.31 Å². The van der Waals surface area contributed by atoms with Gasteiger partial charge in [-0.25, -0.2) is 8.42 Å². The topological polar surface area (TPSA) is 75.7 Å². The number of nitrogens with zero attached hydrogens (tertiary/aromatic N) is 1. The monoisotopic (exact) mass is 426 g/mol. The molecule has 0 heterocycles. The maximum Gasteiger partial charge on any atom is 0.243 e. The molecule has 0 spiro atoms. The molecule has 0 aliphatic rings. The summed E-state index contributed by atoms with van der Waals surface area (Å²) in [7, 11) is -2.25. The quantitative estimate of drug-likeness (QED) is 0.737. The van der Waals surface area contributed by atoms with Crippen molar-refractivity contribution >= 4 is 37.5 Å². The molecule has 0 unspecified atom stereocenters. The normalized spacial score (nSPS) is 11.4. The molecule has 0 aromatic heterocycles. The fourth-order valence-electron chi connectivity index (χ4n) is 2.16. The first-order valence-electron chi connectivity index (χ1n) is 7.56. The van der Waals surface area contributed by atoms with E-state index < -0.39 is 15.9 Å². The first-order valence-corrected chi connectivity index (χ1v) is 9.79. The molecule has 0 radical (unpaired) electrons. The van der Waals surface area contributed by atoms with E-state index in [1.54, 1.807) is 43.3 Å². The predicted molar refractivity (Wildman–Crippen MR) is 100 cm³/mol. The third-order valence-corrected chi connectivity index (χ3v) is 5.96. The number of rotatable bonds is 7. The highest BCUT2D eigenvalue weighted by atomic mass is 79.9. The summed E-state index contributed by atoms with van der Waals surface area (Å²) in [4.78, 5) is 12.3. The van der Waals surface area contributed by atoms with Gasteiger partial charge < -0.3 is 10.1 Å². The van der Waals surface area contributed by atoms with Gasteiger partial charge in [-0.05, 0) is 48.5 Å². The van der Waals surface area contributed by atoms with Crippen molar-refractivity contribution in [3.05, 3.63) is 53.0 Å². The zero-order valence-electron chi connectivity index (χ0n) is 13.9. The lowest BCUT2D eigenvalue weighted by Crippen LogP contribution is -2.37. The molecule has 0 aliphatic carbocycles. The number of sulfonamides is 1. The molecule has 1 N–H and O–H groups in total. The number of likely N-dealkylation sites (N-methyl/N-ethyl adjacent to an activating group) is 1. The third kappa shape index (κ3) is 5.04. The molecular weight excluding hydrogens is 408 g/mol. The smallest absolute Gasteiger partial charge is 0.243 e. The molecule has 2 aromatic carbocycles. The number of methoxy groups -OCH3 is 1. The number of anilines is 1. The van der Waals surface area contributed by atoms with Crippen LogP contribution in [-0.2, 0) is 14.8 Å². The minimum absolute atomic E-state index is 0.117. The number of amides is 1. The van der Waals surface area contributed by atoms with Crippen LogP contribution in [-0.4, -0.2) is 38.8 Å². The van der Waals surface area contributed by atoms with Crippen molar-refractivity contribution in [2.45, 2.75) is 11.8 Å². The molecule has 1 amide bonds. The van der Waals surface area contributed by atoms with Crippen molar-refractivity contribution in [2.75, 3.05) is 25.5 Å². The second kappa shape index (κ2) is 8.46. The van der Waals surface area contributed by atoms with Gasteiger partial charge in [0, 0.05) is 16.7 Å². The van der Waals surface area contributed by atoms with Gasteiger partial charge in [0.05, 0.1) is 18.6 Å². The summed E-state index contributed by atoms with van der Waals surface area (Å²) in [6.45, 7) is 1.61. The molecule has 0 fully saturated rings. The Kier molecular flexibility index (Phi) is 6.57. The van der Waals surface area contributed by atoms with Gasteiger partial charge >= 0.3 is 0 Å². The first-order chi connectivity index (χ1) is 11.9. The molecule has 0 atom stereocenters. The highest BCUT2D eigenvalue weighted by molar-refractivity contribution is 9.10. The molecule has 6 nitrogen and oxygen atoms in total. The minimum Gasteiger partial charge on any atom is -0.497 e. The van der Waals surface area contributed by atoms with E-state index in [4.69, 9.17) is 4.74 Å². The standard InChI is InChI=1S/C17H19BrN2O4S/c1-3-20(12-17(21)19-14-6-4-13(18)5-7-14)25(22,23)16-10-8-15(24-2)9-11-16/h4-11H,3,12H2,1-2H3,(H,19,21). The van der Waals surface area contributed by atoms with E-state index in [1.165, 1.54) is 19.2 Å². The number of carbonyl (C=O) groups excluding carboxylic acids is 1. The van der Waals surface area contributed by atoms with Crippen LogP contribution >= 0.6 is 15.9 Å². The van der Waals surface area contributed by atoms with Crippen LogP contribution in [0, 0.1) is 0 Å². The Morgan fingerprint density at radius 1 is 1.12 bits per heavy atom. The first kappa shape index (κ1) is 19.4. The zero-order chi connectivity index (χ0) is 18.4. The average molecular weight is 427 g/mol. The summed E-state index contributed by atoms with van der Waals surface area (Å²) in [5, 5.41) is 2.69. The molecule has 0 bridgehead atoms. The molecule has 0 aliphatic heterocycles. The van der Waals surface area contributed by atoms with E-state index >= 15 is 0 Å². The SMILES string of the molecule is CCN(CC(=O)Nc1ccc(Br)cc1)S(=O)(=O)c1ccc(OC)cc1. The number of carbonyl (C=O) groups is 1.